The first-order chi connectivity index (χ1) is 12.7. The number of piperazine rings is 1. The van der Waals surface area contributed by atoms with Crippen molar-refractivity contribution in [3.8, 4) is 0 Å². The van der Waals surface area contributed by atoms with Gasteiger partial charge in [0.1, 0.15) is 0 Å². The van der Waals surface area contributed by atoms with Gasteiger partial charge in [0.2, 0.25) is 5.91 Å². The Morgan fingerprint density at radius 3 is 2.15 bits per heavy atom. The number of nitrogens with zero attached hydrogens (tertiary/aromatic N) is 2. The van der Waals surface area contributed by atoms with Crippen LogP contribution in [0.3, 0.4) is 0 Å². The average molecular weight is 353 g/mol. The van der Waals surface area contributed by atoms with E-state index in [0.29, 0.717) is 23.7 Å². The first-order valence-corrected chi connectivity index (χ1v) is 10.7. The van der Waals surface area contributed by atoms with Gasteiger partial charge in [-0.15, -0.1) is 0 Å². The standard InChI is InChI=1S/C23H32N2O/c1-16-4-2-3-5-19(16)15-24-6-8-25(9-7-24)23(26)22-20-11-17-10-18(13-20)14-21(22)12-17/h2-5,17-18,20-22H,6-15H2,1H3. The molecule has 4 aliphatic carbocycles. The fraction of sp³-hybridized carbons (Fsp3) is 0.696. The molecule has 0 radical (unpaired) electrons. The third-order valence-corrected chi connectivity index (χ3v) is 7.85. The highest BCUT2D eigenvalue weighted by molar-refractivity contribution is 5.80. The molecule has 5 fully saturated rings. The molecule has 0 unspecified atom stereocenters. The van der Waals surface area contributed by atoms with Crippen molar-refractivity contribution in [2.24, 2.45) is 29.6 Å². The molecule has 1 aliphatic heterocycles. The molecule has 6 rings (SSSR count). The Bertz CT molecular complexity index is 649. The van der Waals surface area contributed by atoms with Gasteiger partial charge < -0.3 is 4.90 Å². The summed E-state index contributed by atoms with van der Waals surface area (Å²) in [5.74, 6) is 4.20. The van der Waals surface area contributed by atoms with Crippen LogP contribution in [-0.2, 0) is 11.3 Å². The summed E-state index contributed by atoms with van der Waals surface area (Å²) < 4.78 is 0. The van der Waals surface area contributed by atoms with Crippen LogP contribution >= 0.6 is 0 Å². The predicted octanol–water partition coefficient (Wildman–Crippen LogP) is 3.71. The van der Waals surface area contributed by atoms with Crippen LogP contribution in [0, 0.1) is 36.5 Å². The number of hydrogen-bond donors (Lipinski definition) is 0. The Balaban J connectivity index is 1.19. The Morgan fingerprint density at radius 2 is 1.54 bits per heavy atom. The molecule has 0 spiro atoms. The van der Waals surface area contributed by atoms with Crippen molar-refractivity contribution in [3.63, 3.8) is 0 Å². The summed E-state index contributed by atoms with van der Waals surface area (Å²) in [6.45, 7) is 7.11. The van der Waals surface area contributed by atoms with E-state index >= 15 is 0 Å². The summed E-state index contributed by atoms with van der Waals surface area (Å²) in [6.07, 6.45) is 6.84. The summed E-state index contributed by atoms with van der Waals surface area (Å²) in [5, 5.41) is 0. The van der Waals surface area contributed by atoms with E-state index in [2.05, 4.69) is 41.0 Å². The van der Waals surface area contributed by atoms with Gasteiger partial charge in [0, 0.05) is 38.6 Å². The molecule has 0 N–H and O–H groups in total. The van der Waals surface area contributed by atoms with E-state index in [1.807, 2.05) is 0 Å². The lowest BCUT2D eigenvalue weighted by atomic mass is 9.51. The smallest absolute Gasteiger partial charge is 0.226 e. The Hall–Kier alpha value is -1.35. The highest BCUT2D eigenvalue weighted by atomic mass is 16.2. The number of rotatable bonds is 3. The van der Waals surface area contributed by atoms with E-state index in [1.165, 1.54) is 43.2 Å². The molecule has 5 aliphatic rings. The molecule has 4 saturated carbocycles. The Kier molecular flexibility index (Phi) is 4.31. The van der Waals surface area contributed by atoms with Gasteiger partial charge in [-0.3, -0.25) is 9.69 Å². The third kappa shape index (κ3) is 2.98. The van der Waals surface area contributed by atoms with Gasteiger partial charge in [0.15, 0.2) is 0 Å². The molecule has 26 heavy (non-hydrogen) atoms. The lowest BCUT2D eigenvalue weighted by molar-refractivity contribution is -0.150. The monoisotopic (exact) mass is 352 g/mol. The second-order valence-electron chi connectivity index (χ2n) is 9.48. The molecular weight excluding hydrogens is 320 g/mol. The number of amides is 1. The summed E-state index contributed by atoms with van der Waals surface area (Å²) in [4.78, 5) is 18.0. The topological polar surface area (TPSA) is 23.6 Å². The number of aryl methyl sites for hydroxylation is 1. The summed E-state index contributed by atoms with van der Waals surface area (Å²) in [7, 11) is 0. The largest absolute Gasteiger partial charge is 0.340 e. The van der Waals surface area contributed by atoms with Crippen LogP contribution in [0.1, 0.15) is 43.2 Å². The van der Waals surface area contributed by atoms with E-state index in [4.69, 9.17) is 0 Å². The minimum atomic E-state index is 0.366. The summed E-state index contributed by atoms with van der Waals surface area (Å²) in [5.41, 5.74) is 2.80. The van der Waals surface area contributed by atoms with Gasteiger partial charge in [0.25, 0.3) is 0 Å². The number of carbonyl (C=O) groups is 1. The number of carbonyl (C=O) groups excluding carboxylic acids is 1. The first-order valence-electron chi connectivity index (χ1n) is 10.7. The summed E-state index contributed by atoms with van der Waals surface area (Å²) >= 11 is 0. The van der Waals surface area contributed by atoms with E-state index in [-0.39, 0.29) is 0 Å². The van der Waals surface area contributed by atoms with Crippen molar-refractivity contribution in [2.75, 3.05) is 26.2 Å². The Labute approximate surface area is 157 Å². The highest BCUT2D eigenvalue weighted by Crippen LogP contribution is 2.56. The van der Waals surface area contributed by atoms with Gasteiger partial charge >= 0.3 is 0 Å². The molecule has 4 bridgehead atoms. The molecule has 140 valence electrons. The second kappa shape index (κ2) is 6.67. The van der Waals surface area contributed by atoms with Crippen molar-refractivity contribution >= 4 is 5.91 Å². The zero-order chi connectivity index (χ0) is 17.7. The fourth-order valence-corrected chi connectivity index (χ4v) is 6.69. The summed E-state index contributed by atoms with van der Waals surface area (Å²) in [6, 6.07) is 8.68. The molecule has 0 atom stereocenters. The maximum atomic E-state index is 13.3. The molecule has 1 heterocycles. The van der Waals surface area contributed by atoms with Gasteiger partial charge in [-0.25, -0.2) is 0 Å². The van der Waals surface area contributed by atoms with Crippen LogP contribution in [0.4, 0.5) is 0 Å². The third-order valence-electron chi connectivity index (χ3n) is 7.85. The maximum Gasteiger partial charge on any atom is 0.226 e. The molecule has 1 amide bonds. The normalized spacial score (nSPS) is 36.5. The Morgan fingerprint density at radius 1 is 0.923 bits per heavy atom. The number of hydrogen-bond acceptors (Lipinski definition) is 2. The van der Waals surface area contributed by atoms with Crippen LogP contribution in [0.5, 0.6) is 0 Å². The average Bonchev–Trinajstić information content (AvgIpc) is 2.63. The minimum absolute atomic E-state index is 0.366. The van der Waals surface area contributed by atoms with Crippen molar-refractivity contribution in [3.05, 3.63) is 35.4 Å². The van der Waals surface area contributed by atoms with Crippen LogP contribution < -0.4 is 0 Å². The SMILES string of the molecule is Cc1ccccc1CN1CCN(C(=O)C2C3CC4CC(C3)CC2C4)CC1. The van der Waals surface area contributed by atoms with Crippen molar-refractivity contribution in [1.82, 2.24) is 9.80 Å². The van der Waals surface area contributed by atoms with Crippen LogP contribution in [-0.4, -0.2) is 41.9 Å². The molecule has 3 heteroatoms. The predicted molar refractivity (Wildman–Crippen MR) is 104 cm³/mol. The first kappa shape index (κ1) is 16.8. The second-order valence-corrected chi connectivity index (χ2v) is 9.48. The van der Waals surface area contributed by atoms with Gasteiger partial charge in [0.05, 0.1) is 0 Å². The lowest BCUT2D eigenvalue weighted by Crippen LogP contribution is -2.55. The molecule has 3 nitrogen and oxygen atoms in total. The zero-order valence-corrected chi connectivity index (χ0v) is 16.1. The van der Waals surface area contributed by atoms with Gasteiger partial charge in [-0.05, 0) is 73.8 Å². The molecule has 1 aromatic carbocycles. The molecular formula is C23H32N2O. The van der Waals surface area contributed by atoms with Crippen molar-refractivity contribution in [1.29, 1.82) is 0 Å². The van der Waals surface area contributed by atoms with Gasteiger partial charge in [-0.1, -0.05) is 24.3 Å². The quantitative estimate of drug-likeness (QED) is 0.828. The highest BCUT2D eigenvalue weighted by Gasteiger charge is 2.51. The molecule has 1 aromatic rings. The van der Waals surface area contributed by atoms with E-state index in [1.54, 1.807) is 0 Å². The van der Waals surface area contributed by atoms with Gasteiger partial charge in [-0.2, -0.15) is 0 Å². The van der Waals surface area contributed by atoms with Crippen LogP contribution in [0.15, 0.2) is 24.3 Å². The maximum absolute atomic E-state index is 13.3. The van der Waals surface area contributed by atoms with Crippen molar-refractivity contribution < 1.29 is 4.79 Å². The fourth-order valence-electron chi connectivity index (χ4n) is 6.69. The number of benzene rings is 1. The molecule has 0 aromatic heterocycles. The van der Waals surface area contributed by atoms with E-state index in [0.717, 1.165) is 44.6 Å². The zero-order valence-electron chi connectivity index (χ0n) is 16.1. The van der Waals surface area contributed by atoms with E-state index in [9.17, 15) is 4.79 Å². The van der Waals surface area contributed by atoms with E-state index < -0.39 is 0 Å². The van der Waals surface area contributed by atoms with Crippen LogP contribution in [0.25, 0.3) is 0 Å². The minimum Gasteiger partial charge on any atom is -0.340 e. The van der Waals surface area contributed by atoms with Crippen LogP contribution in [0.2, 0.25) is 0 Å². The lowest BCUT2D eigenvalue weighted by Gasteiger charge is -2.54. The molecule has 1 saturated heterocycles. The van der Waals surface area contributed by atoms with Crippen molar-refractivity contribution in [2.45, 2.75) is 45.6 Å².